The van der Waals surface area contributed by atoms with Gasteiger partial charge in [0.2, 0.25) is 0 Å². The van der Waals surface area contributed by atoms with E-state index in [4.69, 9.17) is 5.11 Å². The van der Waals surface area contributed by atoms with Gasteiger partial charge in [0, 0.05) is 4.88 Å². The monoisotopic (exact) mass is 140 g/mol. The fourth-order valence-corrected chi connectivity index (χ4v) is 1.20. The molecule has 1 aromatic heterocycles. The lowest BCUT2D eigenvalue weighted by Crippen LogP contribution is -1.68. The Bertz CT molecular complexity index is 177. The van der Waals surface area contributed by atoms with E-state index in [1.807, 2.05) is 23.6 Å². The van der Waals surface area contributed by atoms with Crippen LogP contribution in [0.4, 0.5) is 0 Å². The second kappa shape index (κ2) is 3.43. The molecule has 0 radical (unpaired) electrons. The molecule has 0 saturated heterocycles. The van der Waals surface area contributed by atoms with E-state index in [2.05, 4.69) is 0 Å². The first-order valence-corrected chi connectivity index (χ1v) is 3.62. The highest BCUT2D eigenvalue weighted by molar-refractivity contribution is 7.10. The van der Waals surface area contributed by atoms with Gasteiger partial charge in [-0.15, -0.1) is 11.3 Å². The predicted octanol–water partition coefficient (Wildman–Crippen LogP) is 1.75. The fraction of sp³-hybridized carbons (Fsp3) is 0.143. The molecule has 0 aliphatic heterocycles. The first-order valence-electron chi connectivity index (χ1n) is 2.74. The average Bonchev–Trinajstić information content (AvgIpc) is 2.34. The highest BCUT2D eigenvalue weighted by atomic mass is 32.1. The van der Waals surface area contributed by atoms with Crippen LogP contribution in [0.25, 0.3) is 6.08 Å². The van der Waals surface area contributed by atoms with Gasteiger partial charge in [-0.1, -0.05) is 12.1 Å². The van der Waals surface area contributed by atoms with Crippen LogP contribution in [0.1, 0.15) is 4.88 Å². The van der Waals surface area contributed by atoms with E-state index in [0.29, 0.717) is 0 Å². The standard InChI is InChI=1S/C7H8OS/c8-5-1-3-7-4-2-6-9-7/h1-4,6,8H,5H2/b3-1+. The van der Waals surface area contributed by atoms with Crippen molar-refractivity contribution in [1.29, 1.82) is 0 Å². The van der Waals surface area contributed by atoms with Gasteiger partial charge in [0.25, 0.3) is 0 Å². The summed E-state index contributed by atoms with van der Waals surface area (Å²) in [5.41, 5.74) is 0. The van der Waals surface area contributed by atoms with Crippen molar-refractivity contribution < 1.29 is 5.11 Å². The summed E-state index contributed by atoms with van der Waals surface area (Å²) in [6.07, 6.45) is 3.64. The van der Waals surface area contributed by atoms with Crippen LogP contribution in [-0.4, -0.2) is 11.7 Å². The molecule has 1 heterocycles. The van der Waals surface area contributed by atoms with Crippen LogP contribution in [0.5, 0.6) is 0 Å². The summed E-state index contributed by atoms with van der Waals surface area (Å²) in [7, 11) is 0. The molecule has 1 rings (SSSR count). The number of hydrogen-bond donors (Lipinski definition) is 1. The van der Waals surface area contributed by atoms with E-state index >= 15 is 0 Å². The van der Waals surface area contributed by atoms with Crippen molar-refractivity contribution in [3.8, 4) is 0 Å². The highest BCUT2D eigenvalue weighted by Crippen LogP contribution is 2.09. The van der Waals surface area contributed by atoms with Crippen LogP contribution in [-0.2, 0) is 0 Å². The first kappa shape index (κ1) is 6.52. The molecule has 0 spiro atoms. The maximum Gasteiger partial charge on any atom is 0.0615 e. The van der Waals surface area contributed by atoms with Gasteiger partial charge >= 0.3 is 0 Å². The van der Waals surface area contributed by atoms with Crippen molar-refractivity contribution in [2.45, 2.75) is 0 Å². The Labute approximate surface area is 58.3 Å². The number of rotatable bonds is 2. The molecule has 0 aliphatic rings. The predicted molar refractivity (Wildman–Crippen MR) is 40.4 cm³/mol. The maximum absolute atomic E-state index is 8.38. The Morgan fingerprint density at radius 2 is 2.56 bits per heavy atom. The fourth-order valence-electron chi connectivity index (χ4n) is 0.555. The smallest absolute Gasteiger partial charge is 0.0615 e. The maximum atomic E-state index is 8.38. The third-order valence-corrected chi connectivity index (χ3v) is 1.77. The van der Waals surface area contributed by atoms with Gasteiger partial charge < -0.3 is 5.11 Å². The Balaban J connectivity index is 2.57. The molecule has 2 heteroatoms. The SMILES string of the molecule is OC/C=C/c1cccs1. The van der Waals surface area contributed by atoms with Gasteiger partial charge in [0.15, 0.2) is 0 Å². The van der Waals surface area contributed by atoms with Crippen LogP contribution in [0, 0.1) is 0 Å². The van der Waals surface area contributed by atoms with E-state index < -0.39 is 0 Å². The Kier molecular flexibility index (Phi) is 2.48. The third kappa shape index (κ3) is 2.00. The van der Waals surface area contributed by atoms with E-state index in [-0.39, 0.29) is 6.61 Å². The molecule has 0 bridgehead atoms. The Hall–Kier alpha value is -0.600. The van der Waals surface area contributed by atoms with Crippen LogP contribution in [0.3, 0.4) is 0 Å². The Morgan fingerprint density at radius 3 is 3.11 bits per heavy atom. The molecular weight excluding hydrogens is 132 g/mol. The zero-order valence-corrected chi connectivity index (χ0v) is 5.77. The summed E-state index contributed by atoms with van der Waals surface area (Å²) >= 11 is 1.66. The quantitative estimate of drug-likeness (QED) is 0.663. The molecule has 0 atom stereocenters. The molecule has 0 aromatic carbocycles. The highest BCUT2D eigenvalue weighted by Gasteiger charge is 1.81. The molecule has 1 aromatic rings. The normalized spacial score (nSPS) is 10.8. The molecule has 1 nitrogen and oxygen atoms in total. The second-order valence-corrected chi connectivity index (χ2v) is 2.58. The van der Waals surface area contributed by atoms with Gasteiger partial charge in [-0.3, -0.25) is 0 Å². The van der Waals surface area contributed by atoms with E-state index in [1.54, 1.807) is 17.4 Å². The van der Waals surface area contributed by atoms with E-state index in [9.17, 15) is 0 Å². The minimum absolute atomic E-state index is 0.123. The topological polar surface area (TPSA) is 20.2 Å². The summed E-state index contributed by atoms with van der Waals surface area (Å²) in [5, 5.41) is 10.4. The average molecular weight is 140 g/mol. The lowest BCUT2D eigenvalue weighted by atomic mass is 10.4. The zero-order valence-electron chi connectivity index (χ0n) is 4.95. The molecule has 48 valence electrons. The molecule has 0 amide bonds. The van der Waals surface area contributed by atoms with Crippen LogP contribution < -0.4 is 0 Å². The Morgan fingerprint density at radius 1 is 1.67 bits per heavy atom. The van der Waals surface area contributed by atoms with Crippen molar-refractivity contribution in [3.63, 3.8) is 0 Å². The molecule has 1 N–H and O–H groups in total. The summed E-state index contributed by atoms with van der Waals surface area (Å²) in [5.74, 6) is 0. The lowest BCUT2D eigenvalue weighted by Gasteiger charge is -1.78. The lowest BCUT2D eigenvalue weighted by molar-refractivity contribution is 0.343. The van der Waals surface area contributed by atoms with Crippen LogP contribution in [0.2, 0.25) is 0 Å². The van der Waals surface area contributed by atoms with Crippen molar-refractivity contribution in [2.24, 2.45) is 0 Å². The van der Waals surface area contributed by atoms with E-state index in [0.717, 1.165) is 0 Å². The van der Waals surface area contributed by atoms with Gasteiger partial charge in [0.05, 0.1) is 6.61 Å². The molecule has 0 unspecified atom stereocenters. The molecule has 9 heavy (non-hydrogen) atoms. The van der Waals surface area contributed by atoms with Gasteiger partial charge in [-0.2, -0.15) is 0 Å². The van der Waals surface area contributed by atoms with Crippen molar-refractivity contribution in [1.82, 2.24) is 0 Å². The van der Waals surface area contributed by atoms with Crippen molar-refractivity contribution >= 4 is 17.4 Å². The van der Waals surface area contributed by atoms with Gasteiger partial charge in [0.1, 0.15) is 0 Å². The van der Waals surface area contributed by atoms with Crippen LogP contribution in [0.15, 0.2) is 23.6 Å². The summed E-state index contributed by atoms with van der Waals surface area (Å²) in [6, 6.07) is 4.00. The molecule has 0 saturated carbocycles. The molecular formula is C7H8OS. The first-order chi connectivity index (χ1) is 4.43. The number of hydrogen-bond acceptors (Lipinski definition) is 2. The molecule has 0 aliphatic carbocycles. The summed E-state index contributed by atoms with van der Waals surface area (Å²) in [4.78, 5) is 1.18. The van der Waals surface area contributed by atoms with Crippen molar-refractivity contribution in [2.75, 3.05) is 6.61 Å². The number of aliphatic hydroxyl groups excluding tert-OH is 1. The minimum Gasteiger partial charge on any atom is -0.392 e. The second-order valence-electron chi connectivity index (χ2n) is 1.60. The van der Waals surface area contributed by atoms with Gasteiger partial charge in [-0.05, 0) is 17.5 Å². The van der Waals surface area contributed by atoms with Gasteiger partial charge in [-0.25, -0.2) is 0 Å². The van der Waals surface area contributed by atoms with E-state index in [1.165, 1.54) is 4.88 Å². The number of thiophene rings is 1. The molecule has 0 fully saturated rings. The number of aliphatic hydroxyl groups is 1. The minimum atomic E-state index is 0.123. The third-order valence-electron chi connectivity index (χ3n) is 0.931. The van der Waals surface area contributed by atoms with Crippen molar-refractivity contribution in [3.05, 3.63) is 28.5 Å². The zero-order chi connectivity index (χ0) is 6.53. The summed E-state index contributed by atoms with van der Waals surface area (Å²) in [6.45, 7) is 0.123. The van der Waals surface area contributed by atoms with Crippen LogP contribution >= 0.6 is 11.3 Å². The summed E-state index contributed by atoms with van der Waals surface area (Å²) < 4.78 is 0. The largest absolute Gasteiger partial charge is 0.392 e.